The molecule has 0 bridgehead atoms. The van der Waals surface area contributed by atoms with E-state index in [1.165, 1.54) is 89.9 Å². The fraction of sp³-hybridized carbons (Fsp3) is 0.920. The summed E-state index contributed by atoms with van der Waals surface area (Å²) in [6.07, 6.45) is 32.0. The fourth-order valence-electron chi connectivity index (χ4n) is 8.15. The highest BCUT2D eigenvalue weighted by Gasteiger charge is 2.24. The molecule has 0 aliphatic carbocycles. The van der Waals surface area contributed by atoms with Gasteiger partial charge in [0.25, 0.3) is 0 Å². The second-order valence-electron chi connectivity index (χ2n) is 17.7. The summed E-state index contributed by atoms with van der Waals surface area (Å²) in [5.74, 6) is 0.189. The highest BCUT2D eigenvalue weighted by atomic mass is 16.5. The molecule has 60 heavy (non-hydrogen) atoms. The van der Waals surface area contributed by atoms with Crippen molar-refractivity contribution in [3.05, 3.63) is 0 Å². The van der Waals surface area contributed by atoms with Crippen LogP contribution in [0.5, 0.6) is 0 Å². The summed E-state index contributed by atoms with van der Waals surface area (Å²) in [4.78, 5) is 59.8. The lowest BCUT2D eigenvalue weighted by Crippen LogP contribution is -2.50. The van der Waals surface area contributed by atoms with Crippen molar-refractivity contribution in [2.45, 2.75) is 220 Å². The van der Waals surface area contributed by atoms with Crippen molar-refractivity contribution < 1.29 is 28.7 Å². The number of esters is 2. The summed E-state index contributed by atoms with van der Waals surface area (Å²) in [5, 5.41) is 0. The molecule has 0 radical (unpaired) electrons. The van der Waals surface area contributed by atoms with Crippen LogP contribution >= 0.6 is 0 Å². The predicted molar refractivity (Wildman–Crippen MR) is 249 cm³/mol. The van der Waals surface area contributed by atoms with Crippen LogP contribution in [0.25, 0.3) is 0 Å². The number of nitrogens with zero attached hydrogens (tertiary/aromatic N) is 4. The van der Waals surface area contributed by atoms with Gasteiger partial charge in [0.2, 0.25) is 11.8 Å². The van der Waals surface area contributed by atoms with Crippen LogP contribution < -0.4 is 0 Å². The second kappa shape index (κ2) is 40.8. The van der Waals surface area contributed by atoms with Crippen LogP contribution in [0.4, 0.5) is 0 Å². The lowest BCUT2D eigenvalue weighted by atomic mass is 10.1. The van der Waals surface area contributed by atoms with Crippen molar-refractivity contribution in [3.8, 4) is 0 Å². The number of hydrogen-bond acceptors (Lipinski definition) is 8. The number of carbonyl (C=O) groups excluding carboxylic acids is 4. The van der Waals surface area contributed by atoms with Crippen molar-refractivity contribution >= 4 is 23.8 Å². The number of ether oxygens (including phenoxy) is 2. The molecule has 1 heterocycles. The zero-order chi connectivity index (χ0) is 43.7. The Morgan fingerprint density at radius 1 is 0.350 bits per heavy atom. The number of piperazine rings is 1. The van der Waals surface area contributed by atoms with E-state index in [0.717, 1.165) is 116 Å². The molecule has 0 unspecified atom stereocenters. The minimum atomic E-state index is -0.0919. The molecular weight excluding hydrogens is 753 g/mol. The van der Waals surface area contributed by atoms with Crippen LogP contribution in [0.15, 0.2) is 0 Å². The molecule has 1 aliphatic heterocycles. The lowest BCUT2D eigenvalue weighted by Gasteiger charge is -2.35. The molecule has 10 nitrogen and oxygen atoms in total. The van der Waals surface area contributed by atoms with Gasteiger partial charge < -0.3 is 29.1 Å². The number of hydrogen-bond donors (Lipinski definition) is 0. The maximum atomic E-state index is 13.3. The average Bonchev–Trinajstić information content (AvgIpc) is 3.25. The van der Waals surface area contributed by atoms with Gasteiger partial charge in [-0.1, -0.05) is 143 Å². The standard InChI is InChI=1S/C50H96N4O6/c1-5-9-13-15-17-19-21-23-35-51(39-29-33-49(57)59-45-25-11-7-3)37-27-31-47(55)53-41-43-54(44-42-53)48(56)32-28-38-52(36-24-22-20-18-16-14-10-6-2)40-30-34-50(58)60-46-26-12-8-4/h5-46H2,1-4H3. The zero-order valence-electron chi connectivity index (χ0n) is 39.9. The lowest BCUT2D eigenvalue weighted by molar-refractivity contribution is -0.144. The normalized spacial score (nSPS) is 13.1. The van der Waals surface area contributed by atoms with Crippen LogP contribution in [0.1, 0.15) is 220 Å². The van der Waals surface area contributed by atoms with Gasteiger partial charge in [0.15, 0.2) is 0 Å². The highest BCUT2D eigenvalue weighted by Crippen LogP contribution is 2.14. The average molecular weight is 849 g/mol. The minimum Gasteiger partial charge on any atom is -0.466 e. The topological polar surface area (TPSA) is 99.7 Å². The quantitative estimate of drug-likeness (QED) is 0.0442. The van der Waals surface area contributed by atoms with E-state index in [1.807, 2.05) is 9.80 Å². The number of rotatable bonds is 42. The first kappa shape index (κ1) is 55.8. The molecule has 0 aromatic rings. The van der Waals surface area contributed by atoms with E-state index in [-0.39, 0.29) is 23.8 Å². The number of unbranched alkanes of at least 4 members (excludes halogenated alkanes) is 18. The summed E-state index contributed by atoms with van der Waals surface area (Å²) in [5.41, 5.74) is 0. The van der Waals surface area contributed by atoms with Gasteiger partial charge in [0.1, 0.15) is 0 Å². The van der Waals surface area contributed by atoms with Crippen molar-refractivity contribution in [2.24, 2.45) is 0 Å². The molecule has 10 heteroatoms. The van der Waals surface area contributed by atoms with Gasteiger partial charge in [-0.3, -0.25) is 19.2 Å². The van der Waals surface area contributed by atoms with Crippen LogP contribution in [-0.4, -0.2) is 122 Å². The van der Waals surface area contributed by atoms with Gasteiger partial charge in [-0.05, 0) is 90.6 Å². The first-order valence-electron chi connectivity index (χ1n) is 25.7. The number of carbonyl (C=O) groups is 4. The van der Waals surface area contributed by atoms with E-state index < -0.39 is 0 Å². The molecule has 1 fully saturated rings. The van der Waals surface area contributed by atoms with Gasteiger partial charge in [-0.25, -0.2) is 0 Å². The fourth-order valence-corrected chi connectivity index (χ4v) is 8.15. The Hall–Kier alpha value is -2.20. The molecule has 0 aromatic heterocycles. The smallest absolute Gasteiger partial charge is 0.305 e. The summed E-state index contributed by atoms with van der Waals surface area (Å²) >= 11 is 0. The molecule has 1 saturated heterocycles. The van der Waals surface area contributed by atoms with E-state index in [2.05, 4.69) is 37.5 Å². The summed E-state index contributed by atoms with van der Waals surface area (Å²) in [6.45, 7) is 17.8. The van der Waals surface area contributed by atoms with Crippen molar-refractivity contribution in [3.63, 3.8) is 0 Å². The van der Waals surface area contributed by atoms with Crippen molar-refractivity contribution in [2.75, 3.05) is 78.7 Å². The summed E-state index contributed by atoms with van der Waals surface area (Å²) in [7, 11) is 0. The maximum absolute atomic E-state index is 13.3. The van der Waals surface area contributed by atoms with Gasteiger partial charge in [-0.15, -0.1) is 0 Å². The molecule has 1 aliphatic rings. The van der Waals surface area contributed by atoms with Crippen LogP contribution in [0.2, 0.25) is 0 Å². The second-order valence-corrected chi connectivity index (χ2v) is 17.7. The largest absolute Gasteiger partial charge is 0.466 e. The molecule has 0 spiro atoms. The van der Waals surface area contributed by atoms with Crippen LogP contribution in [-0.2, 0) is 28.7 Å². The summed E-state index contributed by atoms with van der Waals surface area (Å²) < 4.78 is 10.9. The molecule has 0 saturated carbocycles. The van der Waals surface area contributed by atoms with Crippen LogP contribution in [0, 0.1) is 0 Å². The SMILES string of the molecule is CCCCCCCCCCN(CCCC(=O)OCCCCC)CCCC(=O)N1CCN(C(=O)CCCN(CCCCCCCCCC)CCCC(=O)OCCCCC)CC1. The number of amides is 2. The minimum absolute atomic E-state index is 0.0919. The molecule has 0 atom stereocenters. The van der Waals surface area contributed by atoms with Crippen LogP contribution in [0.3, 0.4) is 0 Å². The third-order valence-corrected chi connectivity index (χ3v) is 12.1. The van der Waals surface area contributed by atoms with E-state index in [4.69, 9.17) is 9.47 Å². The Morgan fingerprint density at radius 2 is 0.617 bits per heavy atom. The Bertz CT molecular complexity index is 956. The Labute approximate surface area is 370 Å². The first-order chi connectivity index (χ1) is 29.3. The third kappa shape index (κ3) is 32.5. The van der Waals surface area contributed by atoms with Gasteiger partial charge >= 0.3 is 11.9 Å². The van der Waals surface area contributed by atoms with Crippen molar-refractivity contribution in [1.82, 2.24) is 19.6 Å². The van der Waals surface area contributed by atoms with Gasteiger partial charge in [0, 0.05) is 51.9 Å². The van der Waals surface area contributed by atoms with Gasteiger partial charge in [-0.2, -0.15) is 0 Å². The maximum Gasteiger partial charge on any atom is 0.305 e. The summed E-state index contributed by atoms with van der Waals surface area (Å²) in [6, 6.07) is 0. The Kier molecular flexibility index (Phi) is 38.0. The molecular formula is C50H96N4O6. The van der Waals surface area contributed by atoms with E-state index in [0.29, 0.717) is 65.1 Å². The first-order valence-corrected chi connectivity index (χ1v) is 25.7. The Balaban J connectivity index is 2.47. The highest BCUT2D eigenvalue weighted by molar-refractivity contribution is 5.78. The molecule has 352 valence electrons. The molecule has 1 rings (SSSR count). The molecule has 2 amide bonds. The van der Waals surface area contributed by atoms with Crippen molar-refractivity contribution in [1.29, 1.82) is 0 Å². The van der Waals surface area contributed by atoms with E-state index >= 15 is 0 Å². The third-order valence-electron chi connectivity index (χ3n) is 12.1. The van der Waals surface area contributed by atoms with E-state index in [1.54, 1.807) is 0 Å². The molecule has 0 N–H and O–H groups in total. The molecule has 0 aromatic carbocycles. The predicted octanol–water partition coefficient (Wildman–Crippen LogP) is 11.1. The van der Waals surface area contributed by atoms with Gasteiger partial charge in [0.05, 0.1) is 13.2 Å². The Morgan fingerprint density at radius 3 is 0.950 bits per heavy atom. The van der Waals surface area contributed by atoms with E-state index in [9.17, 15) is 19.2 Å². The zero-order valence-corrected chi connectivity index (χ0v) is 39.9. The monoisotopic (exact) mass is 849 g/mol.